The van der Waals surface area contributed by atoms with Gasteiger partial charge in [0.05, 0.1) is 5.60 Å². The Morgan fingerprint density at radius 1 is 1.59 bits per heavy atom. The van der Waals surface area contributed by atoms with Crippen LogP contribution >= 0.6 is 16.8 Å². The molecule has 0 aromatic carbocycles. The highest BCUT2D eigenvalue weighted by atomic mass is 32.9. The fourth-order valence-electron chi connectivity index (χ4n) is 2.67. The minimum Gasteiger partial charge on any atom is -0.334 e. The highest BCUT2D eigenvalue weighted by molar-refractivity contribution is 8.70. The molecule has 1 aliphatic carbocycles. The maximum absolute atomic E-state index is 6.39. The highest BCUT2D eigenvalue weighted by Gasteiger charge is 2.52. The molecular formula is C13H23OPS2. The van der Waals surface area contributed by atoms with Gasteiger partial charge in [-0.25, -0.2) is 0 Å². The molecule has 0 spiro atoms. The standard InChI is InChI=1S/C13H23OPS2/c1-9(2)11-6-7-13(5)12(8-11)17-15(16,14-13)10(3)4/h10-12H,1,6-8H2,2-5H3/t11-,12+,13+,15?/m1/s1. The molecule has 4 atom stereocenters. The summed E-state index contributed by atoms with van der Waals surface area (Å²) in [4.78, 5) is 0. The van der Waals surface area contributed by atoms with Crippen LogP contribution in [0.25, 0.3) is 0 Å². The molecule has 1 saturated heterocycles. The van der Waals surface area contributed by atoms with Gasteiger partial charge in [0, 0.05) is 10.9 Å². The molecule has 1 heterocycles. The average Bonchev–Trinajstić information content (AvgIpc) is 2.48. The molecule has 1 unspecified atom stereocenters. The topological polar surface area (TPSA) is 9.23 Å². The number of hydrogen-bond donors (Lipinski definition) is 0. The lowest BCUT2D eigenvalue weighted by Crippen LogP contribution is -2.40. The van der Waals surface area contributed by atoms with Crippen LogP contribution < -0.4 is 0 Å². The van der Waals surface area contributed by atoms with E-state index in [2.05, 4.69) is 34.3 Å². The second kappa shape index (κ2) is 4.67. The van der Waals surface area contributed by atoms with Crippen LogP contribution in [0.3, 0.4) is 0 Å². The Morgan fingerprint density at radius 3 is 2.76 bits per heavy atom. The number of hydrogen-bond acceptors (Lipinski definition) is 3. The summed E-state index contributed by atoms with van der Waals surface area (Å²) >= 11 is 7.80. The first-order valence-corrected chi connectivity index (χ1v) is 10.7. The molecule has 98 valence electrons. The number of allylic oxidation sites excluding steroid dienone is 1. The largest absolute Gasteiger partial charge is 0.334 e. The zero-order chi connectivity index (χ0) is 12.8. The summed E-state index contributed by atoms with van der Waals surface area (Å²) in [6.45, 7) is 13.0. The lowest BCUT2D eigenvalue weighted by atomic mass is 9.77. The second-order valence-electron chi connectivity index (χ2n) is 5.95. The van der Waals surface area contributed by atoms with Crippen molar-refractivity contribution in [2.45, 2.75) is 63.5 Å². The van der Waals surface area contributed by atoms with Crippen LogP contribution in [0.5, 0.6) is 0 Å². The Morgan fingerprint density at radius 2 is 2.24 bits per heavy atom. The second-order valence-corrected chi connectivity index (χ2v) is 13.6. The van der Waals surface area contributed by atoms with Gasteiger partial charge in [-0.05, 0) is 39.0 Å². The summed E-state index contributed by atoms with van der Waals surface area (Å²) in [5.41, 5.74) is 0.214. The summed E-state index contributed by atoms with van der Waals surface area (Å²) in [5, 5.41) is 0.589. The van der Waals surface area contributed by atoms with E-state index < -0.39 is 5.47 Å². The van der Waals surface area contributed by atoms with E-state index in [1.807, 2.05) is 11.4 Å². The van der Waals surface area contributed by atoms with Crippen LogP contribution in [0.2, 0.25) is 0 Å². The van der Waals surface area contributed by atoms with Crippen molar-refractivity contribution in [3.63, 3.8) is 0 Å². The van der Waals surface area contributed by atoms with Crippen LogP contribution in [0.15, 0.2) is 12.2 Å². The molecule has 0 radical (unpaired) electrons. The molecule has 2 aliphatic rings. The summed E-state index contributed by atoms with van der Waals surface area (Å²) in [6.07, 6.45) is 3.57. The maximum atomic E-state index is 6.39. The molecule has 2 rings (SSSR count). The Hall–Kier alpha value is 0.700. The van der Waals surface area contributed by atoms with E-state index in [0.29, 0.717) is 16.8 Å². The Bertz CT molecular complexity index is 380. The molecule has 0 amide bonds. The third kappa shape index (κ3) is 2.54. The monoisotopic (exact) mass is 290 g/mol. The third-order valence-corrected chi connectivity index (χ3v) is 12.7. The van der Waals surface area contributed by atoms with Gasteiger partial charge in [0.2, 0.25) is 0 Å². The van der Waals surface area contributed by atoms with Gasteiger partial charge in [-0.3, -0.25) is 0 Å². The molecule has 0 aromatic rings. The Kier molecular flexibility index (Phi) is 3.88. The van der Waals surface area contributed by atoms with E-state index in [9.17, 15) is 0 Å². The van der Waals surface area contributed by atoms with E-state index in [1.165, 1.54) is 18.4 Å². The predicted molar refractivity (Wildman–Crippen MR) is 82.4 cm³/mol. The van der Waals surface area contributed by atoms with Crippen molar-refractivity contribution in [2.75, 3.05) is 0 Å². The molecule has 1 aliphatic heterocycles. The molecule has 0 aromatic heterocycles. The van der Waals surface area contributed by atoms with Crippen molar-refractivity contribution < 1.29 is 4.52 Å². The SMILES string of the molecule is C=C(C)[C@@H]1CC[C@]2(C)OP(=S)(C(C)C)S[C@H]2C1. The molecule has 2 fully saturated rings. The Labute approximate surface area is 115 Å². The fourth-order valence-corrected chi connectivity index (χ4v) is 9.91. The minimum atomic E-state index is -1.65. The molecule has 1 saturated carbocycles. The summed E-state index contributed by atoms with van der Waals surface area (Å²) in [7, 11) is 0. The van der Waals surface area contributed by atoms with Crippen LogP contribution in [0.1, 0.15) is 47.0 Å². The average molecular weight is 290 g/mol. The smallest absolute Gasteiger partial charge is 0.123 e. The maximum Gasteiger partial charge on any atom is 0.123 e. The van der Waals surface area contributed by atoms with E-state index in [1.54, 1.807) is 0 Å². The van der Waals surface area contributed by atoms with Gasteiger partial charge in [0.25, 0.3) is 0 Å². The van der Waals surface area contributed by atoms with Gasteiger partial charge < -0.3 is 4.52 Å². The van der Waals surface area contributed by atoms with Gasteiger partial charge in [0.15, 0.2) is 0 Å². The summed E-state index contributed by atoms with van der Waals surface area (Å²) in [5.74, 6) is 0.679. The van der Waals surface area contributed by atoms with Crippen molar-refractivity contribution in [1.82, 2.24) is 0 Å². The predicted octanol–water partition coefficient (Wildman–Crippen LogP) is 4.97. The van der Waals surface area contributed by atoms with Gasteiger partial charge in [-0.1, -0.05) is 49.2 Å². The lowest BCUT2D eigenvalue weighted by Gasteiger charge is -2.38. The van der Waals surface area contributed by atoms with Crippen molar-refractivity contribution in [3.8, 4) is 0 Å². The van der Waals surface area contributed by atoms with Crippen LogP contribution in [-0.4, -0.2) is 16.5 Å². The molecule has 0 bridgehead atoms. The van der Waals surface area contributed by atoms with Crippen molar-refractivity contribution in [2.24, 2.45) is 5.92 Å². The van der Waals surface area contributed by atoms with Gasteiger partial charge in [-0.15, -0.1) is 0 Å². The van der Waals surface area contributed by atoms with Crippen molar-refractivity contribution in [3.05, 3.63) is 12.2 Å². The number of fused-ring (bicyclic) bond motifs is 1. The minimum absolute atomic E-state index is 0.0381. The van der Waals surface area contributed by atoms with Gasteiger partial charge in [0.1, 0.15) is 5.47 Å². The van der Waals surface area contributed by atoms with Crippen LogP contribution in [-0.2, 0) is 16.3 Å². The van der Waals surface area contributed by atoms with Crippen LogP contribution in [0, 0.1) is 5.92 Å². The first kappa shape index (κ1) is 14.1. The highest BCUT2D eigenvalue weighted by Crippen LogP contribution is 2.76. The first-order valence-electron chi connectivity index (χ1n) is 6.41. The zero-order valence-corrected chi connectivity index (χ0v) is 13.8. The van der Waals surface area contributed by atoms with Crippen LogP contribution in [0.4, 0.5) is 0 Å². The lowest BCUT2D eigenvalue weighted by molar-refractivity contribution is 0.0663. The van der Waals surface area contributed by atoms with Crippen molar-refractivity contribution in [1.29, 1.82) is 0 Å². The van der Waals surface area contributed by atoms with Crippen molar-refractivity contribution >= 4 is 28.7 Å². The first-order chi connectivity index (χ1) is 7.77. The summed E-state index contributed by atoms with van der Waals surface area (Å²) < 4.78 is 6.39. The van der Waals surface area contributed by atoms with E-state index in [0.717, 1.165) is 6.42 Å². The van der Waals surface area contributed by atoms with E-state index >= 15 is 0 Å². The quantitative estimate of drug-likeness (QED) is 0.525. The number of rotatable bonds is 2. The molecule has 0 N–H and O–H groups in total. The molecule has 17 heavy (non-hydrogen) atoms. The molecular weight excluding hydrogens is 267 g/mol. The third-order valence-electron chi connectivity index (χ3n) is 4.11. The van der Waals surface area contributed by atoms with E-state index in [-0.39, 0.29) is 5.60 Å². The normalized spacial score (nSPS) is 45.9. The zero-order valence-electron chi connectivity index (χ0n) is 11.2. The van der Waals surface area contributed by atoms with E-state index in [4.69, 9.17) is 16.3 Å². The molecule has 4 heteroatoms. The summed E-state index contributed by atoms with van der Waals surface area (Å²) in [6, 6.07) is 0. The Balaban J connectivity index is 2.18. The fraction of sp³-hybridized carbons (Fsp3) is 0.846. The van der Waals surface area contributed by atoms with Gasteiger partial charge >= 0.3 is 0 Å². The van der Waals surface area contributed by atoms with Gasteiger partial charge in [-0.2, -0.15) is 0 Å². The molecule has 1 nitrogen and oxygen atoms in total.